The molecule has 0 bridgehead atoms. The number of nitrogens with zero attached hydrogens (tertiary/aromatic N) is 1. The molecule has 0 aromatic heterocycles. The Hall–Kier alpha value is -1.06. The van der Waals surface area contributed by atoms with Crippen molar-refractivity contribution in [2.75, 3.05) is 13.1 Å². The summed E-state index contributed by atoms with van der Waals surface area (Å²) in [6.45, 7) is 2.32. The van der Waals surface area contributed by atoms with Gasteiger partial charge in [0.15, 0.2) is 0 Å². The number of carboxylic acid groups (broad SMARTS) is 1. The van der Waals surface area contributed by atoms with Crippen molar-refractivity contribution in [3.8, 4) is 0 Å². The highest BCUT2D eigenvalue weighted by Gasteiger charge is 2.27. The molecule has 1 aliphatic heterocycles. The second kappa shape index (κ2) is 4.85. The molecule has 1 unspecified atom stereocenters. The number of carbonyl (C=O) groups is 1. The van der Waals surface area contributed by atoms with Gasteiger partial charge >= 0.3 is 5.97 Å². The maximum atomic E-state index is 10.8. The summed E-state index contributed by atoms with van der Waals surface area (Å²) in [6, 6.07) is 7.69. The maximum absolute atomic E-state index is 10.8. The molecule has 1 aliphatic rings. The number of likely N-dealkylation sites (tertiary alicyclic amines) is 1. The van der Waals surface area contributed by atoms with Gasteiger partial charge < -0.3 is 5.11 Å². The Kier molecular flexibility index (Phi) is 3.46. The first kappa shape index (κ1) is 11.4. The van der Waals surface area contributed by atoms with Crippen LogP contribution in [0.5, 0.6) is 0 Å². The van der Waals surface area contributed by atoms with E-state index in [2.05, 4.69) is 4.90 Å². The van der Waals surface area contributed by atoms with Gasteiger partial charge in [-0.2, -0.15) is 0 Å². The molecule has 2 rings (SSSR count). The fourth-order valence-corrected chi connectivity index (χ4v) is 2.15. The lowest BCUT2D eigenvalue weighted by molar-refractivity contribution is -0.141. The first-order chi connectivity index (χ1) is 7.65. The molecule has 1 N–H and O–H groups in total. The predicted octanol–water partition coefficient (Wildman–Crippen LogP) is 2.25. The third-order valence-corrected chi connectivity index (χ3v) is 3.19. The van der Waals surface area contributed by atoms with E-state index in [1.54, 1.807) is 0 Å². The molecule has 86 valence electrons. The van der Waals surface area contributed by atoms with Crippen LogP contribution in [0.15, 0.2) is 24.3 Å². The molecule has 0 radical (unpaired) electrons. The summed E-state index contributed by atoms with van der Waals surface area (Å²) in [5.41, 5.74) is 1.18. The van der Waals surface area contributed by atoms with Crippen molar-refractivity contribution in [1.29, 1.82) is 0 Å². The summed E-state index contributed by atoms with van der Waals surface area (Å²) in [6.07, 6.45) is 0.753. The standard InChI is InChI=1S/C12H14ClNO2/c13-11-3-1-9(2-4-11)7-14-6-5-10(8-14)12(15)16/h1-4,10H,5-8H2,(H,15,16). The highest BCUT2D eigenvalue weighted by molar-refractivity contribution is 6.30. The first-order valence-electron chi connectivity index (χ1n) is 5.35. The minimum Gasteiger partial charge on any atom is -0.481 e. The van der Waals surface area contributed by atoms with Crippen LogP contribution in [0, 0.1) is 5.92 Å². The average Bonchev–Trinajstić information content (AvgIpc) is 2.70. The normalized spacial score (nSPS) is 21.2. The number of rotatable bonds is 3. The fourth-order valence-electron chi connectivity index (χ4n) is 2.03. The number of benzene rings is 1. The van der Waals surface area contributed by atoms with Crippen molar-refractivity contribution in [2.45, 2.75) is 13.0 Å². The van der Waals surface area contributed by atoms with Crippen LogP contribution in [0.2, 0.25) is 5.02 Å². The molecular formula is C12H14ClNO2. The summed E-state index contributed by atoms with van der Waals surface area (Å²) in [5, 5.41) is 9.62. The summed E-state index contributed by atoms with van der Waals surface area (Å²) >= 11 is 5.80. The van der Waals surface area contributed by atoms with Crippen LogP contribution in [-0.2, 0) is 11.3 Å². The fraction of sp³-hybridized carbons (Fsp3) is 0.417. The molecule has 1 aromatic carbocycles. The average molecular weight is 240 g/mol. The Morgan fingerprint density at radius 2 is 2.12 bits per heavy atom. The van der Waals surface area contributed by atoms with Crippen molar-refractivity contribution >= 4 is 17.6 Å². The van der Waals surface area contributed by atoms with Crippen LogP contribution >= 0.6 is 11.6 Å². The third kappa shape index (κ3) is 2.74. The zero-order valence-electron chi connectivity index (χ0n) is 8.90. The van der Waals surface area contributed by atoms with Crippen LogP contribution in [-0.4, -0.2) is 29.1 Å². The molecule has 16 heavy (non-hydrogen) atoms. The largest absolute Gasteiger partial charge is 0.481 e. The molecule has 1 aromatic rings. The monoisotopic (exact) mass is 239 g/mol. The van der Waals surface area contributed by atoms with Crippen molar-refractivity contribution in [1.82, 2.24) is 4.90 Å². The van der Waals surface area contributed by atoms with E-state index in [0.29, 0.717) is 6.54 Å². The molecular weight excluding hydrogens is 226 g/mol. The van der Waals surface area contributed by atoms with Crippen LogP contribution in [0.25, 0.3) is 0 Å². The quantitative estimate of drug-likeness (QED) is 0.880. The van der Waals surface area contributed by atoms with E-state index < -0.39 is 5.97 Å². The summed E-state index contributed by atoms with van der Waals surface area (Å²) in [5.74, 6) is -0.883. The molecule has 0 saturated carbocycles. The van der Waals surface area contributed by atoms with Gasteiger partial charge in [0, 0.05) is 18.1 Å². The van der Waals surface area contributed by atoms with Crippen LogP contribution in [0.4, 0.5) is 0 Å². The number of hydrogen-bond acceptors (Lipinski definition) is 2. The molecule has 0 amide bonds. The molecule has 0 spiro atoms. The molecule has 1 fully saturated rings. The zero-order chi connectivity index (χ0) is 11.5. The predicted molar refractivity (Wildman–Crippen MR) is 62.5 cm³/mol. The lowest BCUT2D eigenvalue weighted by atomic mass is 10.1. The topological polar surface area (TPSA) is 40.5 Å². The minimum absolute atomic E-state index is 0.202. The van der Waals surface area contributed by atoms with E-state index in [1.807, 2.05) is 24.3 Å². The maximum Gasteiger partial charge on any atom is 0.307 e. The SMILES string of the molecule is O=C(O)C1CCN(Cc2ccc(Cl)cc2)C1. The molecule has 1 atom stereocenters. The minimum atomic E-state index is -0.682. The number of aliphatic carboxylic acids is 1. The molecule has 1 saturated heterocycles. The second-order valence-electron chi connectivity index (χ2n) is 4.19. The zero-order valence-corrected chi connectivity index (χ0v) is 9.65. The van der Waals surface area contributed by atoms with Crippen molar-refractivity contribution in [3.63, 3.8) is 0 Å². The van der Waals surface area contributed by atoms with Crippen molar-refractivity contribution in [3.05, 3.63) is 34.9 Å². The Labute approximate surface area is 99.6 Å². The van der Waals surface area contributed by atoms with Crippen molar-refractivity contribution in [2.24, 2.45) is 5.92 Å². The van der Waals surface area contributed by atoms with Gasteiger partial charge in [-0.05, 0) is 30.7 Å². The highest BCUT2D eigenvalue weighted by atomic mass is 35.5. The molecule has 3 nitrogen and oxygen atoms in total. The Balaban J connectivity index is 1.92. The van der Waals surface area contributed by atoms with E-state index in [4.69, 9.17) is 16.7 Å². The summed E-state index contributed by atoms with van der Waals surface area (Å²) in [7, 11) is 0. The third-order valence-electron chi connectivity index (χ3n) is 2.94. The Morgan fingerprint density at radius 3 is 2.69 bits per heavy atom. The van der Waals surface area contributed by atoms with Gasteiger partial charge in [-0.15, -0.1) is 0 Å². The molecule has 0 aliphatic carbocycles. The van der Waals surface area contributed by atoms with Gasteiger partial charge in [0.1, 0.15) is 0 Å². The van der Waals surface area contributed by atoms with Crippen LogP contribution in [0.1, 0.15) is 12.0 Å². The van der Waals surface area contributed by atoms with E-state index in [0.717, 1.165) is 24.5 Å². The van der Waals surface area contributed by atoms with E-state index in [9.17, 15) is 4.79 Å². The van der Waals surface area contributed by atoms with Gasteiger partial charge in [0.25, 0.3) is 0 Å². The van der Waals surface area contributed by atoms with E-state index in [-0.39, 0.29) is 5.92 Å². The highest BCUT2D eigenvalue weighted by Crippen LogP contribution is 2.19. The smallest absolute Gasteiger partial charge is 0.307 e. The lowest BCUT2D eigenvalue weighted by Crippen LogP contribution is -2.22. The number of halogens is 1. The second-order valence-corrected chi connectivity index (χ2v) is 4.62. The summed E-state index contributed by atoms with van der Waals surface area (Å²) < 4.78 is 0. The Bertz CT molecular complexity index is 377. The van der Waals surface area contributed by atoms with Gasteiger partial charge in [-0.3, -0.25) is 9.69 Å². The molecule has 1 heterocycles. The lowest BCUT2D eigenvalue weighted by Gasteiger charge is -2.14. The van der Waals surface area contributed by atoms with Crippen LogP contribution in [0.3, 0.4) is 0 Å². The van der Waals surface area contributed by atoms with E-state index in [1.165, 1.54) is 5.56 Å². The van der Waals surface area contributed by atoms with Gasteiger partial charge in [-0.25, -0.2) is 0 Å². The molecule has 4 heteroatoms. The Morgan fingerprint density at radius 1 is 1.44 bits per heavy atom. The summed E-state index contributed by atoms with van der Waals surface area (Å²) in [4.78, 5) is 13.0. The van der Waals surface area contributed by atoms with Crippen molar-refractivity contribution < 1.29 is 9.90 Å². The number of hydrogen-bond donors (Lipinski definition) is 1. The van der Waals surface area contributed by atoms with Gasteiger partial charge in [0.2, 0.25) is 0 Å². The van der Waals surface area contributed by atoms with E-state index >= 15 is 0 Å². The van der Waals surface area contributed by atoms with Crippen LogP contribution < -0.4 is 0 Å². The van der Waals surface area contributed by atoms with Gasteiger partial charge in [-0.1, -0.05) is 23.7 Å². The van der Waals surface area contributed by atoms with Gasteiger partial charge in [0.05, 0.1) is 5.92 Å². The number of carboxylic acids is 1. The first-order valence-corrected chi connectivity index (χ1v) is 5.72.